The van der Waals surface area contributed by atoms with Crippen molar-refractivity contribution in [3.05, 3.63) is 27.9 Å². The van der Waals surface area contributed by atoms with Gasteiger partial charge in [-0.05, 0) is 82.7 Å². The van der Waals surface area contributed by atoms with Gasteiger partial charge in [-0.25, -0.2) is 4.98 Å². The summed E-state index contributed by atoms with van der Waals surface area (Å²) in [4.78, 5) is 22.9. The lowest BCUT2D eigenvalue weighted by Crippen LogP contribution is -2.39. The molecule has 4 nitrogen and oxygen atoms in total. The Morgan fingerprint density at radius 2 is 1.73 bits per heavy atom. The molecule has 0 aromatic carbocycles. The zero-order valence-electron chi connectivity index (χ0n) is 18.4. The van der Waals surface area contributed by atoms with Crippen molar-refractivity contribution in [2.75, 3.05) is 26.2 Å². The molecule has 164 valence electrons. The Kier molecular flexibility index (Phi) is 6.56. The molecule has 0 bridgehead atoms. The van der Waals surface area contributed by atoms with Crippen molar-refractivity contribution in [2.45, 2.75) is 83.0 Å². The molecule has 0 spiro atoms. The van der Waals surface area contributed by atoms with Gasteiger partial charge in [0.2, 0.25) is 0 Å². The van der Waals surface area contributed by atoms with E-state index in [9.17, 15) is 4.79 Å². The highest BCUT2D eigenvalue weighted by molar-refractivity contribution is 7.09. The highest BCUT2D eigenvalue weighted by Gasteiger charge is 2.32. The number of aromatic nitrogens is 1. The fourth-order valence-electron chi connectivity index (χ4n) is 6.20. The molecule has 2 saturated heterocycles. The van der Waals surface area contributed by atoms with E-state index in [2.05, 4.69) is 15.9 Å². The highest BCUT2D eigenvalue weighted by Crippen LogP contribution is 2.37. The predicted molar refractivity (Wildman–Crippen MR) is 123 cm³/mol. The number of nitrogens with zero attached hydrogens (tertiary/aromatic N) is 3. The molecule has 1 saturated carbocycles. The van der Waals surface area contributed by atoms with Crippen LogP contribution in [-0.4, -0.2) is 46.9 Å². The first kappa shape index (κ1) is 20.7. The summed E-state index contributed by atoms with van der Waals surface area (Å²) in [6.45, 7) is 4.57. The van der Waals surface area contributed by atoms with E-state index < -0.39 is 0 Å². The molecule has 0 radical (unpaired) electrons. The zero-order chi connectivity index (χ0) is 20.3. The van der Waals surface area contributed by atoms with Crippen LogP contribution in [0.1, 0.15) is 98.5 Å². The van der Waals surface area contributed by atoms with Crippen LogP contribution < -0.4 is 0 Å². The molecular formula is C25H37N3OS. The molecule has 4 aliphatic rings. The van der Waals surface area contributed by atoms with Crippen LogP contribution in [0.3, 0.4) is 0 Å². The lowest BCUT2D eigenvalue weighted by atomic mass is 9.85. The summed E-state index contributed by atoms with van der Waals surface area (Å²) in [7, 11) is 0. The lowest BCUT2D eigenvalue weighted by molar-refractivity contribution is 0.0743. The Hall–Kier alpha value is -1.20. The van der Waals surface area contributed by atoms with E-state index in [0.717, 1.165) is 25.3 Å². The topological polar surface area (TPSA) is 36.4 Å². The molecule has 5 rings (SSSR count). The van der Waals surface area contributed by atoms with E-state index in [1.165, 1.54) is 94.5 Å². The first-order valence-corrected chi connectivity index (χ1v) is 13.4. The zero-order valence-corrected chi connectivity index (χ0v) is 19.2. The molecule has 1 atom stereocenters. The SMILES string of the molecule is O=C(c1csc(C2CCN(CC3CCCCC3)CC2)n1)N1CCCC2CCCC=C21. The Bertz CT molecular complexity index is 758. The monoisotopic (exact) mass is 427 g/mol. The summed E-state index contributed by atoms with van der Waals surface area (Å²) < 4.78 is 0. The summed E-state index contributed by atoms with van der Waals surface area (Å²) in [5.74, 6) is 2.22. The third-order valence-corrected chi connectivity index (χ3v) is 8.95. The van der Waals surface area contributed by atoms with Gasteiger partial charge >= 0.3 is 0 Å². The first-order valence-electron chi connectivity index (χ1n) is 12.5. The van der Waals surface area contributed by atoms with Crippen molar-refractivity contribution in [3.8, 4) is 0 Å². The van der Waals surface area contributed by atoms with E-state index in [4.69, 9.17) is 4.98 Å². The number of carbonyl (C=O) groups is 1. The van der Waals surface area contributed by atoms with E-state index in [-0.39, 0.29) is 5.91 Å². The second-order valence-corrected chi connectivity index (χ2v) is 10.9. The maximum absolute atomic E-state index is 13.2. The standard InChI is InChI=1S/C25H37N3OS/c29-25(28-14-6-10-20-9-4-5-11-23(20)28)22-18-30-24(26-22)21-12-15-27(16-13-21)17-19-7-2-1-3-8-19/h11,18-21H,1-10,12-17H2. The number of thiazole rings is 1. The van der Waals surface area contributed by atoms with Crippen molar-refractivity contribution in [1.82, 2.24) is 14.8 Å². The molecule has 0 N–H and O–H groups in total. The summed E-state index contributed by atoms with van der Waals surface area (Å²) in [6, 6.07) is 0. The molecule has 1 aromatic rings. The molecule has 2 aliphatic heterocycles. The van der Waals surface area contributed by atoms with Gasteiger partial charge in [-0.15, -0.1) is 11.3 Å². The fraction of sp³-hybridized carbons (Fsp3) is 0.760. The molecule has 3 fully saturated rings. The number of likely N-dealkylation sites (tertiary alicyclic amines) is 2. The molecule has 1 unspecified atom stereocenters. The largest absolute Gasteiger partial charge is 0.311 e. The summed E-state index contributed by atoms with van der Waals surface area (Å²) in [6.07, 6.45) is 17.9. The maximum atomic E-state index is 13.2. The molecule has 3 heterocycles. The molecule has 30 heavy (non-hydrogen) atoms. The summed E-state index contributed by atoms with van der Waals surface area (Å²) in [5.41, 5.74) is 1.98. The number of hydrogen-bond acceptors (Lipinski definition) is 4. The van der Waals surface area contributed by atoms with E-state index >= 15 is 0 Å². The van der Waals surface area contributed by atoms with Gasteiger partial charge in [-0.1, -0.05) is 25.3 Å². The van der Waals surface area contributed by atoms with Crippen LogP contribution in [0.25, 0.3) is 0 Å². The van der Waals surface area contributed by atoms with E-state index in [1.807, 2.05) is 5.38 Å². The highest BCUT2D eigenvalue weighted by atomic mass is 32.1. The molecule has 5 heteroatoms. The number of amides is 1. The number of fused-ring (bicyclic) bond motifs is 1. The van der Waals surface area contributed by atoms with Crippen molar-refractivity contribution in [2.24, 2.45) is 11.8 Å². The van der Waals surface area contributed by atoms with Crippen molar-refractivity contribution < 1.29 is 4.79 Å². The summed E-state index contributed by atoms with van der Waals surface area (Å²) >= 11 is 1.72. The van der Waals surface area contributed by atoms with Crippen LogP contribution in [0, 0.1) is 11.8 Å². The quantitative estimate of drug-likeness (QED) is 0.607. The van der Waals surface area contributed by atoms with Crippen molar-refractivity contribution in [3.63, 3.8) is 0 Å². The summed E-state index contributed by atoms with van der Waals surface area (Å²) in [5, 5.41) is 3.22. The van der Waals surface area contributed by atoms with Crippen LogP contribution in [0.15, 0.2) is 17.2 Å². The molecule has 1 amide bonds. The van der Waals surface area contributed by atoms with Gasteiger partial charge in [0.25, 0.3) is 5.91 Å². The van der Waals surface area contributed by atoms with Gasteiger partial charge in [0.1, 0.15) is 5.69 Å². The Morgan fingerprint density at radius 3 is 2.57 bits per heavy atom. The number of carbonyl (C=O) groups excluding carboxylic acids is 1. The van der Waals surface area contributed by atoms with Gasteiger partial charge in [-0.3, -0.25) is 4.79 Å². The molecule has 1 aromatic heterocycles. The smallest absolute Gasteiger partial charge is 0.277 e. The minimum atomic E-state index is 0.144. The second-order valence-electron chi connectivity index (χ2n) is 10.0. The van der Waals surface area contributed by atoms with Crippen LogP contribution in [0.4, 0.5) is 0 Å². The Labute approximate surface area is 185 Å². The lowest BCUT2D eigenvalue weighted by Gasteiger charge is -2.37. The van der Waals surface area contributed by atoms with Gasteiger partial charge in [0.15, 0.2) is 0 Å². The average molecular weight is 428 g/mol. The third kappa shape index (κ3) is 4.52. The first-order chi connectivity index (χ1) is 14.8. The van der Waals surface area contributed by atoms with Crippen LogP contribution >= 0.6 is 11.3 Å². The van der Waals surface area contributed by atoms with Crippen molar-refractivity contribution >= 4 is 17.2 Å². The Morgan fingerprint density at radius 1 is 0.933 bits per heavy atom. The van der Waals surface area contributed by atoms with Gasteiger partial charge in [0.05, 0.1) is 5.01 Å². The van der Waals surface area contributed by atoms with Gasteiger partial charge in [-0.2, -0.15) is 0 Å². The maximum Gasteiger partial charge on any atom is 0.277 e. The predicted octanol–water partition coefficient (Wildman–Crippen LogP) is 5.82. The fourth-order valence-corrected chi connectivity index (χ4v) is 7.17. The van der Waals surface area contributed by atoms with Crippen LogP contribution in [0.5, 0.6) is 0 Å². The number of rotatable bonds is 4. The normalized spacial score (nSPS) is 27.0. The molecular weight excluding hydrogens is 390 g/mol. The van der Waals surface area contributed by atoms with Gasteiger partial charge < -0.3 is 9.80 Å². The number of hydrogen-bond donors (Lipinski definition) is 0. The minimum Gasteiger partial charge on any atom is -0.311 e. The van der Waals surface area contributed by atoms with E-state index in [1.54, 1.807) is 11.3 Å². The number of piperidine rings is 2. The van der Waals surface area contributed by atoms with E-state index in [0.29, 0.717) is 17.5 Å². The Balaban J connectivity index is 1.18. The van der Waals surface area contributed by atoms with Crippen LogP contribution in [0.2, 0.25) is 0 Å². The van der Waals surface area contributed by atoms with Gasteiger partial charge in [0, 0.05) is 30.1 Å². The second kappa shape index (κ2) is 9.52. The van der Waals surface area contributed by atoms with Crippen molar-refractivity contribution in [1.29, 1.82) is 0 Å². The van der Waals surface area contributed by atoms with Crippen LogP contribution in [-0.2, 0) is 0 Å². The minimum absolute atomic E-state index is 0.144. The molecule has 2 aliphatic carbocycles. The number of allylic oxidation sites excluding steroid dienone is 2. The average Bonchev–Trinajstić information content (AvgIpc) is 3.30. The third-order valence-electron chi connectivity index (χ3n) is 7.94.